The minimum Gasteiger partial charge on any atom is -0.331 e. The summed E-state index contributed by atoms with van der Waals surface area (Å²) in [6.07, 6.45) is 7.62. The van der Waals surface area contributed by atoms with E-state index in [0.717, 1.165) is 29.1 Å². The van der Waals surface area contributed by atoms with Crippen molar-refractivity contribution in [2.45, 2.75) is 13.1 Å². The Hall–Kier alpha value is -3.65. The molecule has 0 radical (unpaired) electrons. The van der Waals surface area contributed by atoms with Gasteiger partial charge in [-0.1, -0.05) is 42.5 Å². The highest BCUT2D eigenvalue weighted by atomic mass is 15.1. The van der Waals surface area contributed by atoms with Crippen molar-refractivity contribution in [1.29, 1.82) is 5.26 Å². The summed E-state index contributed by atoms with van der Waals surface area (Å²) in [7, 11) is 0. The number of rotatable bonds is 5. The second-order valence-electron chi connectivity index (χ2n) is 6.12. The molecule has 2 heterocycles. The number of hydrogen-bond donors (Lipinski definition) is 0. The van der Waals surface area contributed by atoms with Crippen LogP contribution in [0.1, 0.15) is 16.8 Å². The molecule has 0 aliphatic rings. The highest BCUT2D eigenvalue weighted by Crippen LogP contribution is 2.17. The SMILES string of the molecule is N#Cc1ccc(Cn2cncc2Cn2cnc(-c3ccccc3)c2)cc1. The normalized spacial score (nSPS) is 10.6. The molecule has 126 valence electrons. The smallest absolute Gasteiger partial charge is 0.0991 e. The van der Waals surface area contributed by atoms with Gasteiger partial charge >= 0.3 is 0 Å². The summed E-state index contributed by atoms with van der Waals surface area (Å²) in [6, 6.07) is 19.9. The van der Waals surface area contributed by atoms with Gasteiger partial charge in [-0.25, -0.2) is 9.97 Å². The van der Waals surface area contributed by atoms with Crippen LogP contribution in [-0.2, 0) is 13.1 Å². The van der Waals surface area contributed by atoms with E-state index in [-0.39, 0.29) is 0 Å². The molecule has 0 amide bonds. The number of imidazole rings is 2. The van der Waals surface area contributed by atoms with Crippen molar-refractivity contribution >= 4 is 0 Å². The Morgan fingerprint density at radius 2 is 1.73 bits per heavy atom. The summed E-state index contributed by atoms with van der Waals surface area (Å²) in [4.78, 5) is 8.79. The van der Waals surface area contributed by atoms with Gasteiger partial charge in [0.15, 0.2) is 0 Å². The molecule has 0 saturated heterocycles. The maximum atomic E-state index is 8.90. The molecule has 0 bridgehead atoms. The lowest BCUT2D eigenvalue weighted by Crippen LogP contribution is -2.07. The molecular formula is C21H17N5. The first-order valence-electron chi connectivity index (χ1n) is 8.37. The third kappa shape index (κ3) is 3.40. The van der Waals surface area contributed by atoms with Gasteiger partial charge in [0, 0.05) is 24.5 Å². The van der Waals surface area contributed by atoms with Gasteiger partial charge in [0.1, 0.15) is 0 Å². The summed E-state index contributed by atoms with van der Waals surface area (Å²) in [6.45, 7) is 1.43. The molecule has 0 aliphatic carbocycles. The van der Waals surface area contributed by atoms with Crippen molar-refractivity contribution in [3.63, 3.8) is 0 Å². The van der Waals surface area contributed by atoms with Crippen LogP contribution in [0.15, 0.2) is 79.6 Å². The van der Waals surface area contributed by atoms with Crippen molar-refractivity contribution in [1.82, 2.24) is 19.1 Å². The van der Waals surface area contributed by atoms with Crippen molar-refractivity contribution in [3.05, 3.63) is 96.5 Å². The lowest BCUT2D eigenvalue weighted by molar-refractivity contribution is 0.685. The molecule has 0 spiro atoms. The van der Waals surface area contributed by atoms with Crippen LogP contribution in [-0.4, -0.2) is 19.1 Å². The van der Waals surface area contributed by atoms with Gasteiger partial charge in [0.25, 0.3) is 0 Å². The van der Waals surface area contributed by atoms with E-state index in [0.29, 0.717) is 12.1 Å². The first-order chi connectivity index (χ1) is 12.8. The first-order valence-corrected chi connectivity index (χ1v) is 8.37. The van der Waals surface area contributed by atoms with E-state index >= 15 is 0 Å². The molecule has 2 aromatic heterocycles. The summed E-state index contributed by atoms with van der Waals surface area (Å²) in [5.41, 5.74) is 4.98. The molecule has 0 atom stereocenters. The molecule has 4 aromatic rings. The monoisotopic (exact) mass is 339 g/mol. The average molecular weight is 339 g/mol. The Bertz CT molecular complexity index is 1040. The standard InChI is InChI=1S/C21H17N5/c22-10-17-6-8-18(9-7-17)12-26-15-23-11-20(26)13-25-14-21(24-16-25)19-4-2-1-3-5-19/h1-9,11,14-16H,12-13H2. The zero-order valence-corrected chi connectivity index (χ0v) is 14.2. The second kappa shape index (κ2) is 7.08. The molecule has 26 heavy (non-hydrogen) atoms. The van der Waals surface area contributed by atoms with Gasteiger partial charge in [0.2, 0.25) is 0 Å². The number of nitrogens with zero attached hydrogens (tertiary/aromatic N) is 5. The maximum Gasteiger partial charge on any atom is 0.0991 e. The zero-order valence-electron chi connectivity index (χ0n) is 14.2. The molecular weight excluding hydrogens is 322 g/mol. The Balaban J connectivity index is 1.50. The van der Waals surface area contributed by atoms with E-state index in [9.17, 15) is 0 Å². The highest BCUT2D eigenvalue weighted by Gasteiger charge is 2.06. The van der Waals surface area contributed by atoms with E-state index in [1.807, 2.05) is 67.5 Å². The van der Waals surface area contributed by atoms with Gasteiger partial charge in [-0.3, -0.25) is 0 Å². The molecule has 0 fully saturated rings. The summed E-state index contributed by atoms with van der Waals surface area (Å²) < 4.78 is 4.18. The van der Waals surface area contributed by atoms with Crippen molar-refractivity contribution in [3.8, 4) is 17.3 Å². The van der Waals surface area contributed by atoms with Crippen LogP contribution >= 0.6 is 0 Å². The van der Waals surface area contributed by atoms with Crippen LogP contribution in [0.2, 0.25) is 0 Å². The molecule has 0 unspecified atom stereocenters. The van der Waals surface area contributed by atoms with Crippen molar-refractivity contribution in [2.24, 2.45) is 0 Å². The number of benzene rings is 2. The minimum absolute atomic E-state index is 0.673. The summed E-state index contributed by atoms with van der Waals surface area (Å²) >= 11 is 0. The van der Waals surface area contributed by atoms with Gasteiger partial charge in [0.05, 0.1) is 42.2 Å². The molecule has 2 aromatic carbocycles. The van der Waals surface area contributed by atoms with Crippen LogP contribution in [0.4, 0.5) is 0 Å². The predicted molar refractivity (Wildman–Crippen MR) is 99.3 cm³/mol. The van der Waals surface area contributed by atoms with Crippen molar-refractivity contribution < 1.29 is 0 Å². The summed E-state index contributed by atoms with van der Waals surface area (Å²) in [5.74, 6) is 0. The third-order valence-corrected chi connectivity index (χ3v) is 4.28. The maximum absolute atomic E-state index is 8.90. The van der Waals surface area contributed by atoms with Gasteiger partial charge < -0.3 is 9.13 Å². The Morgan fingerprint density at radius 1 is 0.923 bits per heavy atom. The fourth-order valence-corrected chi connectivity index (χ4v) is 2.90. The molecule has 5 nitrogen and oxygen atoms in total. The van der Waals surface area contributed by atoms with E-state index in [4.69, 9.17) is 5.26 Å². The van der Waals surface area contributed by atoms with Crippen molar-refractivity contribution in [2.75, 3.05) is 0 Å². The molecule has 0 N–H and O–H groups in total. The summed E-state index contributed by atoms with van der Waals surface area (Å²) in [5, 5.41) is 8.90. The Morgan fingerprint density at radius 3 is 2.50 bits per heavy atom. The molecule has 0 saturated carbocycles. The van der Waals surface area contributed by atoms with Crippen LogP contribution in [0.25, 0.3) is 11.3 Å². The van der Waals surface area contributed by atoms with E-state index in [1.165, 1.54) is 0 Å². The molecule has 5 heteroatoms. The molecule has 0 aliphatic heterocycles. The van der Waals surface area contributed by atoms with Crippen LogP contribution in [0, 0.1) is 11.3 Å². The number of aromatic nitrogens is 4. The second-order valence-corrected chi connectivity index (χ2v) is 6.12. The van der Waals surface area contributed by atoms with Gasteiger partial charge in [-0.15, -0.1) is 0 Å². The average Bonchev–Trinajstić information content (AvgIpc) is 3.33. The third-order valence-electron chi connectivity index (χ3n) is 4.28. The minimum atomic E-state index is 0.673. The van der Waals surface area contributed by atoms with E-state index in [2.05, 4.69) is 37.3 Å². The lowest BCUT2D eigenvalue weighted by atomic mass is 10.1. The molecule has 4 rings (SSSR count). The topological polar surface area (TPSA) is 59.4 Å². The van der Waals surface area contributed by atoms with Gasteiger partial charge in [-0.2, -0.15) is 5.26 Å². The number of nitriles is 1. The number of hydrogen-bond acceptors (Lipinski definition) is 3. The fraction of sp³-hybridized carbons (Fsp3) is 0.0952. The predicted octanol–water partition coefficient (Wildman–Crippen LogP) is 3.71. The Labute approximate surface area is 151 Å². The van der Waals surface area contributed by atoms with Gasteiger partial charge in [-0.05, 0) is 17.7 Å². The van der Waals surface area contributed by atoms with Crippen LogP contribution in [0.5, 0.6) is 0 Å². The van der Waals surface area contributed by atoms with E-state index < -0.39 is 0 Å². The van der Waals surface area contributed by atoms with E-state index in [1.54, 1.807) is 0 Å². The fourth-order valence-electron chi connectivity index (χ4n) is 2.90. The first kappa shape index (κ1) is 15.9. The van der Waals surface area contributed by atoms with Crippen LogP contribution in [0.3, 0.4) is 0 Å². The lowest BCUT2D eigenvalue weighted by Gasteiger charge is -2.09. The zero-order chi connectivity index (χ0) is 17.8. The quantitative estimate of drug-likeness (QED) is 0.557. The van der Waals surface area contributed by atoms with Crippen LogP contribution < -0.4 is 0 Å². The largest absolute Gasteiger partial charge is 0.331 e. The highest BCUT2D eigenvalue weighted by molar-refractivity contribution is 5.57. The Kier molecular flexibility index (Phi) is 4.31.